The Morgan fingerprint density at radius 3 is 2.38 bits per heavy atom. The first-order valence-corrected chi connectivity index (χ1v) is 8.42. The molecule has 0 saturated carbocycles. The molecule has 1 saturated heterocycles. The van der Waals surface area contributed by atoms with E-state index < -0.39 is 12.2 Å². The quantitative estimate of drug-likeness (QED) is 0.757. The van der Waals surface area contributed by atoms with E-state index in [2.05, 4.69) is 20.7 Å². The zero-order valence-electron chi connectivity index (χ0n) is 13.9. The number of piperazine rings is 1. The lowest BCUT2D eigenvalue weighted by Gasteiger charge is -2.37. The van der Waals surface area contributed by atoms with E-state index in [-0.39, 0.29) is 11.8 Å². The largest absolute Gasteiger partial charge is 0.444 e. The molecule has 1 amide bonds. The fourth-order valence-electron chi connectivity index (χ4n) is 2.40. The fourth-order valence-corrected chi connectivity index (χ4v) is 2.74. The molecule has 0 spiro atoms. The minimum absolute atomic E-state index is 0.116. The molecular weight excluding hydrogens is 386 g/mol. The van der Waals surface area contributed by atoms with Crippen LogP contribution in [0.5, 0.6) is 5.75 Å². The van der Waals surface area contributed by atoms with E-state index in [9.17, 15) is 13.6 Å². The predicted octanol–water partition coefficient (Wildman–Crippen LogP) is 4.11. The third kappa shape index (κ3) is 5.22. The van der Waals surface area contributed by atoms with Crippen LogP contribution in [0, 0.1) is 0 Å². The molecule has 1 aliphatic heterocycles. The van der Waals surface area contributed by atoms with Crippen LogP contribution in [-0.4, -0.2) is 49.4 Å². The first-order valence-electron chi connectivity index (χ1n) is 7.63. The number of nitrogens with zero attached hydrogens (tertiary/aromatic N) is 2. The second kappa shape index (κ2) is 7.55. The van der Waals surface area contributed by atoms with Gasteiger partial charge in [-0.05, 0) is 39.0 Å². The van der Waals surface area contributed by atoms with Gasteiger partial charge >= 0.3 is 12.7 Å². The Bertz CT molecular complexity index is 585. The molecule has 1 aliphatic rings. The first-order chi connectivity index (χ1) is 11.2. The molecule has 1 aromatic carbocycles. The maximum atomic E-state index is 12.6. The summed E-state index contributed by atoms with van der Waals surface area (Å²) >= 11 is 3.25. The summed E-state index contributed by atoms with van der Waals surface area (Å²) in [4.78, 5) is 15.6. The van der Waals surface area contributed by atoms with Crippen molar-refractivity contribution in [3.8, 4) is 5.75 Å². The van der Waals surface area contributed by atoms with Gasteiger partial charge in [0.05, 0.1) is 5.69 Å². The summed E-state index contributed by atoms with van der Waals surface area (Å²) in [5.74, 6) is 0.116. The molecule has 5 nitrogen and oxygen atoms in total. The van der Waals surface area contributed by atoms with Gasteiger partial charge in [-0.3, -0.25) is 0 Å². The van der Waals surface area contributed by atoms with Crippen LogP contribution >= 0.6 is 15.9 Å². The maximum Gasteiger partial charge on any atom is 0.410 e. The molecule has 0 aromatic heterocycles. The lowest BCUT2D eigenvalue weighted by Crippen LogP contribution is -2.50. The molecule has 0 aliphatic carbocycles. The highest BCUT2D eigenvalue weighted by Gasteiger charge is 2.27. The van der Waals surface area contributed by atoms with Gasteiger partial charge in [0.25, 0.3) is 0 Å². The highest BCUT2D eigenvalue weighted by Crippen LogP contribution is 2.33. The second-order valence-electron chi connectivity index (χ2n) is 6.44. The van der Waals surface area contributed by atoms with Crippen molar-refractivity contribution < 1.29 is 23.0 Å². The molecule has 1 fully saturated rings. The van der Waals surface area contributed by atoms with E-state index in [0.29, 0.717) is 36.3 Å². The second-order valence-corrected chi connectivity index (χ2v) is 7.36. The molecule has 2 rings (SSSR count). The van der Waals surface area contributed by atoms with Gasteiger partial charge < -0.3 is 19.3 Å². The van der Waals surface area contributed by atoms with Crippen molar-refractivity contribution >= 4 is 27.7 Å². The monoisotopic (exact) mass is 406 g/mol. The number of carbonyl (C=O) groups excluding carboxylic acids is 1. The molecule has 0 radical (unpaired) electrons. The summed E-state index contributed by atoms with van der Waals surface area (Å²) in [5.41, 5.74) is 0.0420. The van der Waals surface area contributed by atoms with Crippen molar-refractivity contribution in [1.82, 2.24) is 4.90 Å². The van der Waals surface area contributed by atoms with Gasteiger partial charge in [0.1, 0.15) is 5.60 Å². The first kappa shape index (κ1) is 18.8. The van der Waals surface area contributed by atoms with Gasteiger partial charge in [-0.1, -0.05) is 15.9 Å². The number of rotatable bonds is 3. The number of amides is 1. The van der Waals surface area contributed by atoms with Crippen molar-refractivity contribution in [2.45, 2.75) is 33.0 Å². The fraction of sp³-hybridized carbons (Fsp3) is 0.562. The summed E-state index contributed by atoms with van der Waals surface area (Å²) in [5, 5.41) is 0. The smallest absolute Gasteiger partial charge is 0.410 e. The number of benzene rings is 1. The highest BCUT2D eigenvalue weighted by atomic mass is 79.9. The number of hydrogen-bond donors (Lipinski definition) is 0. The highest BCUT2D eigenvalue weighted by molar-refractivity contribution is 9.10. The Morgan fingerprint density at radius 2 is 1.83 bits per heavy atom. The molecule has 0 N–H and O–H groups in total. The Balaban J connectivity index is 2.03. The molecule has 1 aromatic rings. The number of anilines is 1. The molecule has 24 heavy (non-hydrogen) atoms. The van der Waals surface area contributed by atoms with Crippen LogP contribution in [0.4, 0.5) is 19.3 Å². The van der Waals surface area contributed by atoms with E-state index >= 15 is 0 Å². The lowest BCUT2D eigenvalue weighted by atomic mass is 10.2. The van der Waals surface area contributed by atoms with Crippen molar-refractivity contribution in [3.63, 3.8) is 0 Å². The molecule has 134 valence electrons. The van der Waals surface area contributed by atoms with Crippen LogP contribution in [0.3, 0.4) is 0 Å². The van der Waals surface area contributed by atoms with Crippen LogP contribution in [0.1, 0.15) is 20.8 Å². The van der Waals surface area contributed by atoms with E-state index in [1.54, 1.807) is 17.0 Å². The Kier molecular flexibility index (Phi) is 5.90. The third-order valence-corrected chi connectivity index (χ3v) is 3.90. The Labute approximate surface area is 148 Å². The molecule has 1 heterocycles. The Hall–Kier alpha value is -1.57. The van der Waals surface area contributed by atoms with Crippen molar-refractivity contribution in [2.24, 2.45) is 0 Å². The molecule has 8 heteroatoms. The zero-order chi connectivity index (χ0) is 17.9. The topological polar surface area (TPSA) is 42.0 Å². The summed E-state index contributed by atoms with van der Waals surface area (Å²) < 4.78 is 35.8. The van der Waals surface area contributed by atoms with E-state index in [1.165, 1.54) is 6.07 Å². The molecule has 0 unspecified atom stereocenters. The minimum atomic E-state index is -2.89. The summed E-state index contributed by atoms with van der Waals surface area (Å²) in [6.07, 6.45) is -0.359. The average molecular weight is 407 g/mol. The van der Waals surface area contributed by atoms with Crippen molar-refractivity contribution in [1.29, 1.82) is 0 Å². The van der Waals surface area contributed by atoms with Gasteiger partial charge in [0, 0.05) is 30.7 Å². The average Bonchev–Trinajstić information content (AvgIpc) is 2.45. The normalized spacial score (nSPS) is 15.6. The summed E-state index contributed by atoms with van der Waals surface area (Å²) in [6.45, 7) is 4.50. The number of alkyl halides is 2. The van der Waals surface area contributed by atoms with Crippen LogP contribution in [0.15, 0.2) is 22.7 Å². The van der Waals surface area contributed by atoms with Crippen LogP contribution in [0.25, 0.3) is 0 Å². The van der Waals surface area contributed by atoms with Gasteiger partial charge in [-0.25, -0.2) is 4.79 Å². The molecular formula is C16H21BrF2N2O3. The van der Waals surface area contributed by atoms with Crippen LogP contribution in [0.2, 0.25) is 0 Å². The SMILES string of the molecule is CC(C)(C)OC(=O)N1CCN(c2ccc(Br)cc2OC(F)F)CC1. The third-order valence-electron chi connectivity index (χ3n) is 3.41. The number of carbonyl (C=O) groups is 1. The van der Waals surface area contributed by atoms with Gasteiger partial charge in [0.15, 0.2) is 5.75 Å². The van der Waals surface area contributed by atoms with E-state index in [0.717, 1.165) is 0 Å². The van der Waals surface area contributed by atoms with Gasteiger partial charge in [-0.15, -0.1) is 0 Å². The maximum absolute atomic E-state index is 12.6. The van der Waals surface area contributed by atoms with Crippen LogP contribution in [-0.2, 0) is 4.74 Å². The number of halogens is 3. The van der Waals surface area contributed by atoms with E-state index in [1.807, 2.05) is 25.7 Å². The number of hydrogen-bond acceptors (Lipinski definition) is 4. The standard InChI is InChI=1S/C16H21BrF2N2O3/c1-16(2,3)24-15(22)21-8-6-20(7-9-21)12-5-4-11(17)10-13(12)23-14(18)19/h4-5,10,14H,6-9H2,1-3H3. The Morgan fingerprint density at radius 1 is 1.21 bits per heavy atom. The summed E-state index contributed by atoms with van der Waals surface area (Å²) in [7, 11) is 0. The molecule has 0 atom stereocenters. The number of ether oxygens (including phenoxy) is 2. The van der Waals surface area contributed by atoms with Crippen molar-refractivity contribution in [2.75, 3.05) is 31.1 Å². The van der Waals surface area contributed by atoms with Crippen LogP contribution < -0.4 is 9.64 Å². The zero-order valence-corrected chi connectivity index (χ0v) is 15.5. The van der Waals surface area contributed by atoms with E-state index in [4.69, 9.17) is 4.74 Å². The predicted molar refractivity (Wildman–Crippen MR) is 90.8 cm³/mol. The van der Waals surface area contributed by atoms with Gasteiger partial charge in [-0.2, -0.15) is 8.78 Å². The summed E-state index contributed by atoms with van der Waals surface area (Å²) in [6, 6.07) is 5.01. The molecule has 0 bridgehead atoms. The minimum Gasteiger partial charge on any atom is -0.444 e. The lowest BCUT2D eigenvalue weighted by molar-refractivity contribution is -0.0495. The van der Waals surface area contributed by atoms with Gasteiger partial charge in [0.2, 0.25) is 0 Å². The van der Waals surface area contributed by atoms with Crippen molar-refractivity contribution in [3.05, 3.63) is 22.7 Å².